The summed E-state index contributed by atoms with van der Waals surface area (Å²) in [6.07, 6.45) is 3.09. The molecule has 5 rings (SSSR count). The number of ether oxygens (including phenoxy) is 1. The van der Waals surface area contributed by atoms with E-state index >= 15 is 0 Å². The van der Waals surface area contributed by atoms with Crippen LogP contribution >= 0.6 is 0 Å². The van der Waals surface area contributed by atoms with Crippen LogP contribution in [0.3, 0.4) is 0 Å². The van der Waals surface area contributed by atoms with E-state index in [0.29, 0.717) is 33.7 Å². The number of carbonyl (C=O) groups is 1. The second kappa shape index (κ2) is 9.51. The lowest BCUT2D eigenvalue weighted by molar-refractivity contribution is 0.103. The first-order valence-electron chi connectivity index (χ1n) is 11.4. The number of benzene rings is 3. The Bertz CT molecular complexity index is 1750. The highest BCUT2D eigenvalue weighted by Crippen LogP contribution is 2.33. The fourth-order valence-corrected chi connectivity index (χ4v) is 4.98. The SMILES string of the molecule is Cc1cc(-n2ncc(C(=O)C3=Cc4cc(F)c(CS(N)(=O)=O)cc4C3)c2N)ccc1Oc1ccccc1F. The van der Waals surface area contributed by atoms with E-state index in [9.17, 15) is 22.0 Å². The predicted molar refractivity (Wildman–Crippen MR) is 138 cm³/mol. The zero-order valence-corrected chi connectivity index (χ0v) is 20.9. The van der Waals surface area contributed by atoms with Gasteiger partial charge in [-0.15, -0.1) is 0 Å². The number of hydrogen-bond acceptors (Lipinski definition) is 6. The average molecular weight is 537 g/mol. The number of nitrogens with two attached hydrogens (primary N) is 2. The molecule has 4 N–H and O–H groups in total. The molecule has 4 aromatic rings. The molecule has 0 spiro atoms. The number of fused-ring (bicyclic) bond motifs is 1. The number of hydrogen-bond donors (Lipinski definition) is 2. The molecule has 1 aliphatic carbocycles. The summed E-state index contributed by atoms with van der Waals surface area (Å²) < 4.78 is 58.2. The number of primary sulfonamides is 1. The molecule has 0 radical (unpaired) electrons. The summed E-state index contributed by atoms with van der Waals surface area (Å²) in [5, 5.41) is 9.32. The Morgan fingerprint density at radius 3 is 2.55 bits per heavy atom. The number of rotatable bonds is 7. The Labute approximate surface area is 217 Å². The van der Waals surface area contributed by atoms with Crippen molar-refractivity contribution in [3.8, 4) is 17.2 Å². The highest BCUT2D eigenvalue weighted by Gasteiger charge is 2.26. The third-order valence-electron chi connectivity index (χ3n) is 6.18. The van der Waals surface area contributed by atoms with Gasteiger partial charge in [0.2, 0.25) is 10.0 Å². The highest BCUT2D eigenvalue weighted by molar-refractivity contribution is 7.88. The van der Waals surface area contributed by atoms with Crippen molar-refractivity contribution in [3.05, 3.63) is 106 Å². The van der Waals surface area contributed by atoms with Gasteiger partial charge in [0.1, 0.15) is 17.4 Å². The summed E-state index contributed by atoms with van der Waals surface area (Å²) in [7, 11) is -3.92. The third-order valence-corrected chi connectivity index (χ3v) is 6.89. The Morgan fingerprint density at radius 2 is 1.84 bits per heavy atom. The standard InChI is InChI=1S/C27H22F2N4O4S/c1-15-8-20(6-7-24(15)37-25-5-3-2-4-22(25)28)33-27(30)21(13-32-33)26(34)18-9-16-11-19(14-38(31,35)36)23(29)12-17(16)10-18/h2-8,10-13H,9,14,30H2,1H3,(H2,31,35,36). The van der Waals surface area contributed by atoms with Gasteiger partial charge in [-0.05, 0) is 66.1 Å². The Morgan fingerprint density at radius 1 is 1.08 bits per heavy atom. The summed E-state index contributed by atoms with van der Waals surface area (Å²) in [6.45, 7) is 1.79. The smallest absolute Gasteiger partial charge is 0.213 e. The molecule has 0 saturated heterocycles. The molecule has 8 nitrogen and oxygen atoms in total. The van der Waals surface area contributed by atoms with Gasteiger partial charge in [0.15, 0.2) is 17.3 Å². The molecular formula is C27H22F2N4O4S. The number of Topliss-reactive ketones (excluding diaryl/α,β-unsaturated/α-hetero) is 1. The van der Waals surface area contributed by atoms with Gasteiger partial charge < -0.3 is 10.5 Å². The normalized spacial score (nSPS) is 12.8. The third kappa shape index (κ3) is 4.93. The van der Waals surface area contributed by atoms with Gasteiger partial charge in [0.05, 0.1) is 23.2 Å². The Kier molecular flexibility index (Phi) is 6.33. The van der Waals surface area contributed by atoms with E-state index in [-0.39, 0.29) is 34.9 Å². The molecule has 1 heterocycles. The van der Waals surface area contributed by atoms with Crippen molar-refractivity contribution in [2.45, 2.75) is 19.1 Å². The van der Waals surface area contributed by atoms with Gasteiger partial charge in [0, 0.05) is 17.6 Å². The van der Waals surface area contributed by atoms with Crippen molar-refractivity contribution in [2.75, 3.05) is 5.73 Å². The molecule has 0 amide bonds. The van der Waals surface area contributed by atoms with E-state index in [1.807, 2.05) is 0 Å². The highest BCUT2D eigenvalue weighted by atomic mass is 32.2. The van der Waals surface area contributed by atoms with E-state index in [1.165, 1.54) is 35.1 Å². The minimum atomic E-state index is -3.92. The second-order valence-corrected chi connectivity index (χ2v) is 10.6. The lowest BCUT2D eigenvalue weighted by Crippen LogP contribution is -2.15. The first-order valence-corrected chi connectivity index (χ1v) is 13.2. The van der Waals surface area contributed by atoms with Crippen LogP contribution in [0, 0.1) is 18.6 Å². The van der Waals surface area contributed by atoms with Gasteiger partial charge >= 0.3 is 0 Å². The molecule has 38 heavy (non-hydrogen) atoms. The fraction of sp³-hybridized carbons (Fsp3) is 0.111. The van der Waals surface area contributed by atoms with E-state index in [0.717, 1.165) is 0 Å². The molecule has 1 aromatic heterocycles. The molecule has 0 unspecified atom stereocenters. The van der Waals surface area contributed by atoms with Crippen molar-refractivity contribution in [1.82, 2.24) is 9.78 Å². The zero-order valence-electron chi connectivity index (χ0n) is 20.1. The molecule has 0 saturated carbocycles. The summed E-state index contributed by atoms with van der Waals surface area (Å²) in [5.41, 5.74) is 9.12. The number of para-hydroxylation sites is 1. The number of allylic oxidation sites excluding steroid dienone is 1. The molecule has 0 fully saturated rings. The molecule has 1 aliphatic rings. The second-order valence-electron chi connectivity index (χ2n) is 8.96. The van der Waals surface area contributed by atoms with Crippen LogP contribution in [0.5, 0.6) is 11.5 Å². The monoisotopic (exact) mass is 536 g/mol. The van der Waals surface area contributed by atoms with Crippen molar-refractivity contribution >= 4 is 27.7 Å². The van der Waals surface area contributed by atoms with Gasteiger partial charge in [-0.1, -0.05) is 18.2 Å². The van der Waals surface area contributed by atoms with Gasteiger partial charge in [0.25, 0.3) is 0 Å². The van der Waals surface area contributed by atoms with E-state index in [4.69, 9.17) is 15.6 Å². The van der Waals surface area contributed by atoms with Gasteiger partial charge in [-0.2, -0.15) is 5.10 Å². The van der Waals surface area contributed by atoms with Crippen molar-refractivity contribution in [1.29, 1.82) is 0 Å². The Balaban J connectivity index is 1.37. The van der Waals surface area contributed by atoms with Crippen molar-refractivity contribution in [3.63, 3.8) is 0 Å². The minimum Gasteiger partial charge on any atom is -0.454 e. The largest absolute Gasteiger partial charge is 0.454 e. The number of halogens is 2. The van der Waals surface area contributed by atoms with Crippen LogP contribution in [0.15, 0.2) is 66.4 Å². The summed E-state index contributed by atoms with van der Waals surface area (Å²) in [4.78, 5) is 13.3. The lowest BCUT2D eigenvalue weighted by Gasteiger charge is -2.12. The Hall–Kier alpha value is -4.35. The minimum absolute atomic E-state index is 0.0570. The number of aromatic nitrogens is 2. The summed E-state index contributed by atoms with van der Waals surface area (Å²) in [5.74, 6) is -1.57. The van der Waals surface area contributed by atoms with E-state index in [1.54, 1.807) is 43.3 Å². The van der Waals surface area contributed by atoms with Gasteiger partial charge in [-0.3, -0.25) is 4.79 Å². The summed E-state index contributed by atoms with van der Waals surface area (Å²) >= 11 is 0. The maximum Gasteiger partial charge on any atom is 0.213 e. The van der Waals surface area contributed by atoms with E-state index in [2.05, 4.69) is 5.10 Å². The molecule has 0 atom stereocenters. The van der Waals surface area contributed by atoms with Crippen LogP contribution in [-0.4, -0.2) is 24.0 Å². The topological polar surface area (TPSA) is 130 Å². The number of sulfonamides is 1. The quantitative estimate of drug-likeness (QED) is 0.336. The van der Waals surface area contributed by atoms with Crippen LogP contribution in [0.2, 0.25) is 0 Å². The first kappa shape index (κ1) is 25.3. The van der Waals surface area contributed by atoms with Crippen LogP contribution in [0.4, 0.5) is 14.6 Å². The number of carbonyl (C=O) groups excluding carboxylic acids is 1. The molecule has 3 aromatic carbocycles. The molecule has 0 bridgehead atoms. The lowest BCUT2D eigenvalue weighted by atomic mass is 10.0. The number of ketones is 1. The van der Waals surface area contributed by atoms with Crippen LogP contribution in [0.1, 0.15) is 32.6 Å². The maximum absolute atomic E-state index is 14.4. The number of nitrogen functional groups attached to an aromatic ring is 1. The maximum atomic E-state index is 14.4. The molecule has 0 aliphatic heterocycles. The molecule has 11 heteroatoms. The van der Waals surface area contributed by atoms with Crippen LogP contribution in [-0.2, 0) is 22.2 Å². The van der Waals surface area contributed by atoms with E-state index < -0.39 is 27.4 Å². The van der Waals surface area contributed by atoms with Crippen molar-refractivity contribution in [2.24, 2.45) is 5.14 Å². The van der Waals surface area contributed by atoms with Crippen LogP contribution < -0.4 is 15.6 Å². The fourth-order valence-electron chi connectivity index (χ4n) is 4.33. The number of aryl methyl sites for hydroxylation is 1. The predicted octanol–water partition coefficient (Wildman–Crippen LogP) is 4.44. The average Bonchev–Trinajstić information content (AvgIpc) is 3.43. The zero-order chi connectivity index (χ0) is 27.2. The number of nitrogens with zero attached hydrogens (tertiary/aromatic N) is 2. The van der Waals surface area contributed by atoms with Crippen LogP contribution in [0.25, 0.3) is 11.8 Å². The molecular weight excluding hydrogens is 514 g/mol. The first-order chi connectivity index (χ1) is 18.0. The van der Waals surface area contributed by atoms with Gasteiger partial charge in [-0.25, -0.2) is 27.0 Å². The van der Waals surface area contributed by atoms with Crippen molar-refractivity contribution < 1.29 is 26.7 Å². The number of anilines is 1. The molecule has 194 valence electrons. The summed E-state index contributed by atoms with van der Waals surface area (Å²) in [6, 6.07) is 13.8.